The monoisotopic (exact) mass is 371 g/mol. The molecule has 134 valence electrons. The lowest BCUT2D eigenvalue weighted by Crippen LogP contribution is -2.32. The van der Waals surface area contributed by atoms with Crippen LogP contribution in [0.25, 0.3) is 0 Å². The number of halogens is 1. The van der Waals surface area contributed by atoms with Gasteiger partial charge in [0.25, 0.3) is 5.91 Å². The fraction of sp³-hybridized carbons (Fsp3) is 0.316. The average Bonchev–Trinajstić information content (AvgIpc) is 3.44. The summed E-state index contributed by atoms with van der Waals surface area (Å²) in [5, 5.41) is 3.47. The summed E-state index contributed by atoms with van der Waals surface area (Å²) in [5.41, 5.74) is 0.977. The molecule has 2 amide bonds. The summed E-state index contributed by atoms with van der Waals surface area (Å²) in [7, 11) is 0. The molecule has 26 heavy (non-hydrogen) atoms. The SMILES string of the molecule is O=C(CCCN1C(=O)c2cccnc2Oc2ccc(Cl)cc21)NC1CC1. The van der Waals surface area contributed by atoms with E-state index in [0.29, 0.717) is 47.5 Å². The van der Waals surface area contributed by atoms with Gasteiger partial charge in [-0.2, -0.15) is 0 Å². The van der Waals surface area contributed by atoms with E-state index in [1.54, 1.807) is 41.4 Å². The summed E-state index contributed by atoms with van der Waals surface area (Å²) >= 11 is 6.13. The molecule has 7 heteroatoms. The third-order valence-electron chi connectivity index (χ3n) is 4.39. The summed E-state index contributed by atoms with van der Waals surface area (Å²) < 4.78 is 5.83. The summed E-state index contributed by atoms with van der Waals surface area (Å²) in [6.07, 6.45) is 4.62. The Bertz CT molecular complexity index is 867. The fourth-order valence-corrected chi connectivity index (χ4v) is 3.10. The number of nitrogens with zero attached hydrogens (tertiary/aromatic N) is 2. The standard InChI is InChI=1S/C19H18ClN3O3/c20-12-5-8-16-15(11-12)23(10-2-4-17(24)22-13-6-7-13)19(25)14-3-1-9-21-18(14)26-16/h1,3,5,8-9,11,13H,2,4,6-7,10H2,(H,22,24). The van der Waals surface area contributed by atoms with Crippen LogP contribution >= 0.6 is 11.6 Å². The van der Waals surface area contributed by atoms with E-state index in [-0.39, 0.29) is 17.7 Å². The van der Waals surface area contributed by atoms with E-state index < -0.39 is 0 Å². The van der Waals surface area contributed by atoms with Gasteiger partial charge in [0.1, 0.15) is 5.56 Å². The number of anilines is 1. The van der Waals surface area contributed by atoms with Gasteiger partial charge in [0.2, 0.25) is 11.8 Å². The van der Waals surface area contributed by atoms with Crippen molar-refractivity contribution in [3.8, 4) is 11.6 Å². The maximum Gasteiger partial charge on any atom is 0.263 e. The van der Waals surface area contributed by atoms with Gasteiger partial charge in [0.15, 0.2) is 5.75 Å². The Morgan fingerprint density at radius 3 is 3.00 bits per heavy atom. The van der Waals surface area contributed by atoms with Gasteiger partial charge in [-0.05, 0) is 49.6 Å². The number of benzene rings is 1. The zero-order chi connectivity index (χ0) is 18.1. The van der Waals surface area contributed by atoms with Gasteiger partial charge in [0.05, 0.1) is 5.69 Å². The molecule has 2 aliphatic rings. The number of rotatable bonds is 5. The van der Waals surface area contributed by atoms with E-state index >= 15 is 0 Å². The largest absolute Gasteiger partial charge is 0.436 e. The minimum Gasteiger partial charge on any atom is -0.436 e. The van der Waals surface area contributed by atoms with Crippen LogP contribution in [0.5, 0.6) is 11.6 Å². The van der Waals surface area contributed by atoms with E-state index in [4.69, 9.17) is 16.3 Å². The number of hydrogen-bond donors (Lipinski definition) is 1. The molecule has 1 aromatic carbocycles. The second-order valence-electron chi connectivity index (χ2n) is 6.47. The second kappa shape index (κ2) is 6.96. The van der Waals surface area contributed by atoms with Crippen molar-refractivity contribution < 1.29 is 14.3 Å². The van der Waals surface area contributed by atoms with Crippen LogP contribution in [0.2, 0.25) is 5.02 Å². The molecule has 1 aliphatic carbocycles. The van der Waals surface area contributed by atoms with Crippen molar-refractivity contribution in [2.24, 2.45) is 0 Å². The summed E-state index contributed by atoms with van der Waals surface area (Å²) in [5.74, 6) is 0.605. The number of aromatic nitrogens is 1. The Morgan fingerprint density at radius 1 is 1.35 bits per heavy atom. The van der Waals surface area contributed by atoms with Gasteiger partial charge in [-0.15, -0.1) is 0 Å². The first-order chi connectivity index (χ1) is 12.6. The number of ether oxygens (including phenoxy) is 1. The highest BCUT2D eigenvalue weighted by Gasteiger charge is 2.29. The third kappa shape index (κ3) is 3.51. The average molecular weight is 372 g/mol. The fourth-order valence-electron chi connectivity index (χ4n) is 2.93. The molecular formula is C19H18ClN3O3. The molecule has 0 spiro atoms. The molecule has 0 radical (unpaired) electrons. The van der Waals surface area contributed by atoms with Gasteiger partial charge in [0, 0.05) is 30.2 Å². The molecule has 0 atom stereocenters. The third-order valence-corrected chi connectivity index (χ3v) is 4.63. The molecule has 1 saturated carbocycles. The highest BCUT2D eigenvalue weighted by atomic mass is 35.5. The Hall–Kier alpha value is -2.60. The van der Waals surface area contributed by atoms with Gasteiger partial charge in [-0.3, -0.25) is 9.59 Å². The molecule has 4 rings (SSSR count). The van der Waals surface area contributed by atoms with Crippen molar-refractivity contribution in [1.29, 1.82) is 0 Å². The highest BCUT2D eigenvalue weighted by molar-refractivity contribution is 6.31. The Kier molecular flexibility index (Phi) is 4.51. The number of fused-ring (bicyclic) bond motifs is 2. The van der Waals surface area contributed by atoms with E-state index in [1.807, 2.05) is 0 Å². The minimum absolute atomic E-state index is 0.0272. The normalized spacial score (nSPS) is 15.6. The number of carbonyl (C=O) groups excluding carboxylic acids is 2. The molecule has 1 fully saturated rings. The highest BCUT2D eigenvalue weighted by Crippen LogP contribution is 2.39. The minimum atomic E-state index is -0.211. The quantitative estimate of drug-likeness (QED) is 0.872. The number of nitrogens with one attached hydrogen (secondary N) is 1. The van der Waals surface area contributed by atoms with E-state index in [2.05, 4.69) is 10.3 Å². The van der Waals surface area contributed by atoms with Crippen molar-refractivity contribution in [3.05, 3.63) is 47.1 Å². The lowest BCUT2D eigenvalue weighted by Gasteiger charge is -2.22. The molecule has 0 bridgehead atoms. The second-order valence-corrected chi connectivity index (χ2v) is 6.91. The van der Waals surface area contributed by atoms with Gasteiger partial charge in [-0.25, -0.2) is 4.98 Å². The first-order valence-corrected chi connectivity index (χ1v) is 9.03. The predicted molar refractivity (Wildman–Crippen MR) is 97.8 cm³/mol. The Labute approximate surface area is 156 Å². The molecule has 0 unspecified atom stereocenters. The molecule has 2 aromatic rings. The molecule has 6 nitrogen and oxygen atoms in total. The molecule has 1 N–H and O–H groups in total. The lowest BCUT2D eigenvalue weighted by molar-refractivity contribution is -0.121. The van der Waals surface area contributed by atoms with Crippen LogP contribution in [0, 0.1) is 0 Å². The van der Waals surface area contributed by atoms with Crippen molar-refractivity contribution in [2.45, 2.75) is 31.7 Å². The maximum absolute atomic E-state index is 13.0. The Balaban J connectivity index is 1.57. The molecule has 0 saturated heterocycles. The van der Waals surface area contributed by atoms with E-state index in [1.165, 1.54) is 0 Å². The van der Waals surface area contributed by atoms with Crippen LogP contribution in [0.1, 0.15) is 36.0 Å². The number of pyridine rings is 1. The van der Waals surface area contributed by atoms with E-state index in [0.717, 1.165) is 12.8 Å². The first kappa shape index (κ1) is 16.8. The summed E-state index contributed by atoms with van der Waals surface area (Å²) in [4.78, 5) is 30.7. The van der Waals surface area contributed by atoms with Crippen molar-refractivity contribution in [2.75, 3.05) is 11.4 Å². The van der Waals surface area contributed by atoms with Crippen LogP contribution in [0.15, 0.2) is 36.5 Å². The topological polar surface area (TPSA) is 71.5 Å². The summed E-state index contributed by atoms with van der Waals surface area (Å²) in [6.45, 7) is 0.391. The van der Waals surface area contributed by atoms with Crippen LogP contribution in [0.4, 0.5) is 5.69 Å². The molecule has 1 aliphatic heterocycles. The lowest BCUT2D eigenvalue weighted by atomic mass is 10.2. The molecule has 2 heterocycles. The van der Waals surface area contributed by atoms with Crippen molar-refractivity contribution >= 4 is 29.1 Å². The van der Waals surface area contributed by atoms with Crippen molar-refractivity contribution in [1.82, 2.24) is 10.3 Å². The predicted octanol–water partition coefficient (Wildman–Crippen LogP) is 3.55. The van der Waals surface area contributed by atoms with Gasteiger partial charge < -0.3 is 15.0 Å². The molecule has 1 aromatic heterocycles. The smallest absolute Gasteiger partial charge is 0.263 e. The Morgan fingerprint density at radius 2 is 2.19 bits per heavy atom. The van der Waals surface area contributed by atoms with Crippen molar-refractivity contribution in [3.63, 3.8) is 0 Å². The van der Waals surface area contributed by atoms with Crippen LogP contribution in [0.3, 0.4) is 0 Å². The number of amides is 2. The molecular weight excluding hydrogens is 354 g/mol. The summed E-state index contributed by atoms with van der Waals surface area (Å²) in [6, 6.07) is 8.86. The van der Waals surface area contributed by atoms with Crippen LogP contribution in [-0.4, -0.2) is 29.4 Å². The van der Waals surface area contributed by atoms with Gasteiger partial charge in [-0.1, -0.05) is 11.6 Å². The maximum atomic E-state index is 13.0. The number of carbonyl (C=O) groups is 2. The number of hydrogen-bond acceptors (Lipinski definition) is 4. The zero-order valence-corrected chi connectivity index (χ0v) is 14.8. The van der Waals surface area contributed by atoms with Crippen LogP contribution < -0.4 is 15.0 Å². The zero-order valence-electron chi connectivity index (χ0n) is 14.1. The van der Waals surface area contributed by atoms with E-state index in [9.17, 15) is 9.59 Å². The van der Waals surface area contributed by atoms with Gasteiger partial charge >= 0.3 is 0 Å². The first-order valence-electron chi connectivity index (χ1n) is 8.65. The van der Waals surface area contributed by atoms with Crippen LogP contribution in [-0.2, 0) is 4.79 Å².